The molecule has 0 saturated heterocycles. The molecule has 1 aromatic carbocycles. The van der Waals surface area contributed by atoms with Crippen LogP contribution in [0.25, 0.3) is 0 Å². The van der Waals surface area contributed by atoms with E-state index in [0.29, 0.717) is 15.8 Å². The molecule has 0 unspecified atom stereocenters. The Morgan fingerprint density at radius 3 is 3.00 bits per heavy atom. The lowest BCUT2D eigenvalue weighted by molar-refractivity contribution is 0.112. The third kappa shape index (κ3) is 2.33. The number of terminal acetylenes is 1. The first-order valence-corrected chi connectivity index (χ1v) is 4.39. The summed E-state index contributed by atoms with van der Waals surface area (Å²) in [5, 5.41) is 0. The first kappa shape index (κ1) is 9.82. The van der Waals surface area contributed by atoms with Crippen molar-refractivity contribution >= 4 is 22.2 Å². The molecule has 0 aliphatic rings. The van der Waals surface area contributed by atoms with Gasteiger partial charge in [0.1, 0.15) is 12.4 Å². The van der Waals surface area contributed by atoms with Crippen LogP contribution in [0.5, 0.6) is 5.75 Å². The Morgan fingerprint density at radius 1 is 1.62 bits per heavy atom. The highest BCUT2D eigenvalue weighted by Gasteiger charge is 2.04. The van der Waals surface area contributed by atoms with Gasteiger partial charge in [-0.2, -0.15) is 0 Å². The van der Waals surface area contributed by atoms with Crippen LogP contribution >= 0.6 is 15.9 Å². The van der Waals surface area contributed by atoms with E-state index in [1.807, 2.05) is 0 Å². The Hall–Kier alpha value is -1.27. The van der Waals surface area contributed by atoms with Crippen molar-refractivity contribution in [3.63, 3.8) is 0 Å². The molecule has 0 aliphatic heterocycles. The van der Waals surface area contributed by atoms with E-state index in [1.165, 1.54) is 0 Å². The molecule has 0 amide bonds. The summed E-state index contributed by atoms with van der Waals surface area (Å²) in [6.45, 7) is 0.195. The molecule has 0 N–H and O–H groups in total. The minimum absolute atomic E-state index is 0.195. The number of aldehydes is 1. The SMILES string of the molecule is C#CCOc1cccc(C=O)c1Br. The maximum Gasteiger partial charge on any atom is 0.151 e. The third-order valence-electron chi connectivity index (χ3n) is 1.43. The summed E-state index contributed by atoms with van der Waals surface area (Å²) < 4.78 is 5.83. The lowest BCUT2D eigenvalue weighted by Gasteiger charge is -2.05. The molecule has 0 radical (unpaired) electrons. The van der Waals surface area contributed by atoms with Gasteiger partial charge in [0.15, 0.2) is 6.29 Å². The van der Waals surface area contributed by atoms with Crippen LogP contribution in [0.3, 0.4) is 0 Å². The van der Waals surface area contributed by atoms with Gasteiger partial charge in [-0.15, -0.1) is 6.42 Å². The fraction of sp³-hybridized carbons (Fsp3) is 0.100. The number of hydrogen-bond donors (Lipinski definition) is 0. The molecule has 0 spiro atoms. The van der Waals surface area contributed by atoms with Crippen molar-refractivity contribution in [3.05, 3.63) is 28.2 Å². The summed E-state index contributed by atoms with van der Waals surface area (Å²) >= 11 is 3.25. The van der Waals surface area contributed by atoms with E-state index >= 15 is 0 Å². The number of benzene rings is 1. The molecule has 1 aromatic rings. The van der Waals surface area contributed by atoms with E-state index in [9.17, 15) is 4.79 Å². The molecule has 0 fully saturated rings. The highest BCUT2D eigenvalue weighted by molar-refractivity contribution is 9.10. The second-order valence-corrected chi connectivity index (χ2v) is 3.06. The Kier molecular flexibility index (Phi) is 3.53. The summed E-state index contributed by atoms with van der Waals surface area (Å²) in [5.41, 5.74) is 0.550. The van der Waals surface area contributed by atoms with Gasteiger partial charge in [-0.1, -0.05) is 18.1 Å². The molecule has 66 valence electrons. The number of carbonyl (C=O) groups is 1. The van der Waals surface area contributed by atoms with E-state index in [1.54, 1.807) is 18.2 Å². The Bertz CT molecular complexity index is 352. The molecule has 1 rings (SSSR count). The molecule has 0 aromatic heterocycles. The van der Waals surface area contributed by atoms with Gasteiger partial charge in [-0.05, 0) is 22.0 Å². The van der Waals surface area contributed by atoms with E-state index < -0.39 is 0 Å². The van der Waals surface area contributed by atoms with E-state index in [2.05, 4.69) is 21.9 Å². The van der Waals surface area contributed by atoms with Gasteiger partial charge in [0, 0.05) is 5.56 Å². The lowest BCUT2D eigenvalue weighted by atomic mass is 10.2. The second kappa shape index (κ2) is 4.68. The van der Waals surface area contributed by atoms with Crippen molar-refractivity contribution in [1.29, 1.82) is 0 Å². The number of halogens is 1. The number of hydrogen-bond acceptors (Lipinski definition) is 2. The average molecular weight is 239 g/mol. The van der Waals surface area contributed by atoms with Crippen molar-refractivity contribution in [2.45, 2.75) is 0 Å². The molecule has 13 heavy (non-hydrogen) atoms. The zero-order valence-corrected chi connectivity index (χ0v) is 8.37. The maximum absolute atomic E-state index is 10.5. The van der Waals surface area contributed by atoms with Crippen LogP contribution in [0.2, 0.25) is 0 Å². The van der Waals surface area contributed by atoms with Gasteiger partial charge in [0.05, 0.1) is 4.47 Å². The minimum atomic E-state index is 0.195. The monoisotopic (exact) mass is 238 g/mol. The zero-order chi connectivity index (χ0) is 9.68. The maximum atomic E-state index is 10.5. The minimum Gasteiger partial charge on any atom is -0.480 e. The van der Waals surface area contributed by atoms with E-state index in [-0.39, 0.29) is 6.61 Å². The molecule has 2 nitrogen and oxygen atoms in total. The van der Waals surface area contributed by atoms with Crippen LogP contribution in [-0.4, -0.2) is 12.9 Å². The molecule has 0 saturated carbocycles. The van der Waals surface area contributed by atoms with Gasteiger partial charge < -0.3 is 4.74 Å². The average Bonchev–Trinajstić information content (AvgIpc) is 2.16. The standard InChI is InChI=1S/C10H7BrO2/c1-2-6-13-9-5-3-4-8(7-12)10(9)11/h1,3-5,7H,6H2. The Labute approximate surface area is 85.0 Å². The van der Waals surface area contributed by atoms with Crippen LogP contribution < -0.4 is 4.74 Å². The molecular formula is C10H7BrO2. The number of carbonyl (C=O) groups excluding carboxylic acids is 1. The summed E-state index contributed by atoms with van der Waals surface area (Å²) in [5.74, 6) is 2.94. The van der Waals surface area contributed by atoms with Crippen molar-refractivity contribution < 1.29 is 9.53 Å². The number of ether oxygens (including phenoxy) is 1. The smallest absolute Gasteiger partial charge is 0.151 e. The van der Waals surface area contributed by atoms with Crippen molar-refractivity contribution in [2.75, 3.05) is 6.61 Å². The second-order valence-electron chi connectivity index (χ2n) is 2.27. The molecule has 0 atom stereocenters. The first-order valence-electron chi connectivity index (χ1n) is 3.59. The van der Waals surface area contributed by atoms with Gasteiger partial charge in [0.2, 0.25) is 0 Å². The van der Waals surface area contributed by atoms with Crippen LogP contribution in [0.1, 0.15) is 10.4 Å². The van der Waals surface area contributed by atoms with Crippen molar-refractivity contribution in [2.24, 2.45) is 0 Å². The third-order valence-corrected chi connectivity index (χ3v) is 2.28. The van der Waals surface area contributed by atoms with Crippen LogP contribution in [-0.2, 0) is 0 Å². The Morgan fingerprint density at radius 2 is 2.38 bits per heavy atom. The van der Waals surface area contributed by atoms with Crippen molar-refractivity contribution in [3.8, 4) is 18.1 Å². The van der Waals surface area contributed by atoms with Gasteiger partial charge in [-0.3, -0.25) is 4.79 Å². The van der Waals surface area contributed by atoms with Crippen LogP contribution in [0, 0.1) is 12.3 Å². The fourth-order valence-corrected chi connectivity index (χ4v) is 1.32. The number of rotatable bonds is 3. The largest absolute Gasteiger partial charge is 0.480 e. The predicted molar refractivity (Wildman–Crippen MR) is 53.9 cm³/mol. The quantitative estimate of drug-likeness (QED) is 0.597. The first-order chi connectivity index (χ1) is 6.29. The lowest BCUT2D eigenvalue weighted by Crippen LogP contribution is -1.95. The molecule has 0 bridgehead atoms. The zero-order valence-electron chi connectivity index (χ0n) is 6.79. The van der Waals surface area contributed by atoms with E-state index in [0.717, 1.165) is 6.29 Å². The molecule has 0 heterocycles. The summed E-state index contributed by atoms with van der Waals surface area (Å²) in [4.78, 5) is 10.5. The summed E-state index contributed by atoms with van der Waals surface area (Å²) in [7, 11) is 0. The van der Waals surface area contributed by atoms with E-state index in [4.69, 9.17) is 11.2 Å². The molecule has 0 aliphatic carbocycles. The fourth-order valence-electron chi connectivity index (χ4n) is 0.850. The van der Waals surface area contributed by atoms with Gasteiger partial charge in [-0.25, -0.2) is 0 Å². The molecule has 3 heteroatoms. The summed E-state index contributed by atoms with van der Waals surface area (Å²) in [6.07, 6.45) is 5.79. The molecular weight excluding hydrogens is 232 g/mol. The van der Waals surface area contributed by atoms with Crippen molar-refractivity contribution in [1.82, 2.24) is 0 Å². The topological polar surface area (TPSA) is 26.3 Å². The van der Waals surface area contributed by atoms with Crippen LogP contribution in [0.15, 0.2) is 22.7 Å². The van der Waals surface area contributed by atoms with Crippen LogP contribution in [0.4, 0.5) is 0 Å². The highest BCUT2D eigenvalue weighted by atomic mass is 79.9. The predicted octanol–water partition coefficient (Wildman–Crippen LogP) is 2.27. The highest BCUT2D eigenvalue weighted by Crippen LogP contribution is 2.27. The van der Waals surface area contributed by atoms with Gasteiger partial charge >= 0.3 is 0 Å². The Balaban J connectivity index is 2.95. The summed E-state index contributed by atoms with van der Waals surface area (Å²) in [6, 6.07) is 5.18. The van der Waals surface area contributed by atoms with Gasteiger partial charge in [0.25, 0.3) is 0 Å². The normalized spacial score (nSPS) is 8.92.